The molecule has 0 bridgehead atoms. The van der Waals surface area contributed by atoms with Crippen molar-refractivity contribution in [2.45, 2.75) is 13.8 Å². The van der Waals surface area contributed by atoms with E-state index >= 15 is 0 Å². The number of aromatic hydroxyl groups is 1. The normalized spacial score (nSPS) is 10.8. The molecule has 62 valence electrons. The zero-order valence-corrected chi connectivity index (χ0v) is 7.18. The van der Waals surface area contributed by atoms with Crippen molar-refractivity contribution in [3.8, 4) is 5.88 Å². The van der Waals surface area contributed by atoms with E-state index in [1.54, 1.807) is 6.07 Å². The Morgan fingerprint density at radius 1 is 1.25 bits per heavy atom. The summed E-state index contributed by atoms with van der Waals surface area (Å²) in [7, 11) is 0. The van der Waals surface area contributed by atoms with E-state index < -0.39 is 0 Å². The van der Waals surface area contributed by atoms with Gasteiger partial charge in [0.15, 0.2) is 5.88 Å². The van der Waals surface area contributed by atoms with Crippen molar-refractivity contribution in [1.82, 2.24) is 4.98 Å². The Balaban J connectivity index is 2.89. The molecule has 0 fully saturated rings. The fourth-order valence-corrected chi connectivity index (χ4v) is 1.44. The number of hydrogen-bond acceptors (Lipinski definition) is 1. The van der Waals surface area contributed by atoms with Gasteiger partial charge in [-0.3, -0.25) is 0 Å². The van der Waals surface area contributed by atoms with E-state index in [4.69, 9.17) is 0 Å². The Morgan fingerprint density at radius 2 is 2.00 bits per heavy atom. The van der Waals surface area contributed by atoms with Gasteiger partial charge >= 0.3 is 0 Å². The van der Waals surface area contributed by atoms with Gasteiger partial charge in [0.1, 0.15) is 0 Å². The Hall–Kier alpha value is -1.44. The standard InChI is InChI=1S/C10H11NO/c1-6-3-4-9-8(7(6)2)5-10(12)11-9/h3-5,11-12H,1-2H3. The fraction of sp³-hybridized carbons (Fsp3) is 0.200. The minimum atomic E-state index is 0.235. The number of H-pyrrole nitrogens is 1. The van der Waals surface area contributed by atoms with Crippen molar-refractivity contribution in [3.05, 3.63) is 29.3 Å². The predicted octanol–water partition coefficient (Wildman–Crippen LogP) is 2.49. The molecule has 0 aliphatic heterocycles. The first-order chi connectivity index (χ1) is 5.68. The number of aromatic amines is 1. The monoisotopic (exact) mass is 161 g/mol. The molecule has 1 aromatic carbocycles. The maximum atomic E-state index is 9.22. The number of fused-ring (bicyclic) bond motifs is 1. The van der Waals surface area contributed by atoms with Gasteiger partial charge in [0.25, 0.3) is 0 Å². The third-order valence-electron chi connectivity index (χ3n) is 2.33. The molecule has 1 aromatic heterocycles. The minimum absolute atomic E-state index is 0.235. The van der Waals surface area contributed by atoms with Crippen LogP contribution >= 0.6 is 0 Å². The summed E-state index contributed by atoms with van der Waals surface area (Å²) >= 11 is 0. The van der Waals surface area contributed by atoms with Crippen molar-refractivity contribution in [3.63, 3.8) is 0 Å². The molecule has 0 saturated heterocycles. The van der Waals surface area contributed by atoms with Gasteiger partial charge in [-0.1, -0.05) is 6.07 Å². The second-order valence-corrected chi connectivity index (χ2v) is 3.12. The zero-order chi connectivity index (χ0) is 8.72. The van der Waals surface area contributed by atoms with Gasteiger partial charge in [-0.05, 0) is 31.0 Å². The number of benzene rings is 1. The first-order valence-corrected chi connectivity index (χ1v) is 3.96. The molecule has 2 N–H and O–H groups in total. The smallest absolute Gasteiger partial charge is 0.189 e. The van der Waals surface area contributed by atoms with Crippen LogP contribution in [0.4, 0.5) is 0 Å². The largest absolute Gasteiger partial charge is 0.495 e. The fourth-order valence-electron chi connectivity index (χ4n) is 1.44. The van der Waals surface area contributed by atoms with E-state index in [-0.39, 0.29) is 5.88 Å². The Labute approximate surface area is 70.8 Å². The third-order valence-corrected chi connectivity index (χ3v) is 2.33. The van der Waals surface area contributed by atoms with E-state index in [0.29, 0.717) is 0 Å². The number of hydrogen-bond donors (Lipinski definition) is 2. The van der Waals surface area contributed by atoms with E-state index in [2.05, 4.69) is 18.8 Å². The first kappa shape index (κ1) is 7.22. The summed E-state index contributed by atoms with van der Waals surface area (Å²) in [6.45, 7) is 4.13. The maximum Gasteiger partial charge on any atom is 0.189 e. The molecular weight excluding hydrogens is 150 g/mol. The summed E-state index contributed by atoms with van der Waals surface area (Å²) in [5, 5.41) is 10.3. The van der Waals surface area contributed by atoms with Crippen LogP contribution in [0.15, 0.2) is 18.2 Å². The lowest BCUT2D eigenvalue weighted by atomic mass is 10.1. The molecule has 0 aliphatic carbocycles. The molecule has 1 heterocycles. The lowest BCUT2D eigenvalue weighted by Crippen LogP contribution is -1.79. The van der Waals surface area contributed by atoms with Crippen LogP contribution in [0.3, 0.4) is 0 Å². The highest BCUT2D eigenvalue weighted by Gasteiger charge is 2.02. The molecule has 0 amide bonds. The highest BCUT2D eigenvalue weighted by Crippen LogP contribution is 2.24. The highest BCUT2D eigenvalue weighted by atomic mass is 16.3. The molecule has 2 heteroatoms. The van der Waals surface area contributed by atoms with Crippen LogP contribution in [-0.2, 0) is 0 Å². The summed E-state index contributed by atoms with van der Waals surface area (Å²) in [6, 6.07) is 5.79. The molecule has 2 nitrogen and oxygen atoms in total. The number of rotatable bonds is 0. The van der Waals surface area contributed by atoms with Crippen molar-refractivity contribution < 1.29 is 5.11 Å². The molecule has 0 spiro atoms. The molecule has 12 heavy (non-hydrogen) atoms. The molecule has 0 aliphatic rings. The van der Waals surface area contributed by atoms with Gasteiger partial charge in [-0.2, -0.15) is 0 Å². The van der Waals surface area contributed by atoms with Crippen LogP contribution in [0.5, 0.6) is 5.88 Å². The van der Waals surface area contributed by atoms with Gasteiger partial charge in [0.05, 0.1) is 0 Å². The van der Waals surface area contributed by atoms with Crippen LogP contribution in [0.1, 0.15) is 11.1 Å². The molecule has 2 aromatic rings. The average Bonchev–Trinajstić information content (AvgIpc) is 2.39. The summed E-state index contributed by atoms with van der Waals surface area (Å²) in [5.41, 5.74) is 3.47. The van der Waals surface area contributed by atoms with Crippen LogP contribution in [0, 0.1) is 13.8 Å². The molecule has 2 rings (SSSR count). The molecule has 0 atom stereocenters. The molecular formula is C10H11NO. The number of aryl methyl sites for hydroxylation is 2. The number of aromatic nitrogens is 1. The summed E-state index contributed by atoms with van der Waals surface area (Å²) < 4.78 is 0. The van der Waals surface area contributed by atoms with Crippen LogP contribution < -0.4 is 0 Å². The summed E-state index contributed by atoms with van der Waals surface area (Å²) in [6.07, 6.45) is 0. The predicted molar refractivity (Wildman–Crippen MR) is 49.4 cm³/mol. The SMILES string of the molecule is Cc1ccc2[nH]c(O)cc2c1C. The van der Waals surface area contributed by atoms with Crippen LogP contribution in [-0.4, -0.2) is 10.1 Å². The zero-order valence-electron chi connectivity index (χ0n) is 7.18. The van der Waals surface area contributed by atoms with E-state index in [1.165, 1.54) is 11.1 Å². The second-order valence-electron chi connectivity index (χ2n) is 3.12. The van der Waals surface area contributed by atoms with E-state index in [9.17, 15) is 5.11 Å². The van der Waals surface area contributed by atoms with Crippen LogP contribution in [0.25, 0.3) is 10.9 Å². The topological polar surface area (TPSA) is 36.0 Å². The Bertz CT molecular complexity index is 429. The number of nitrogens with one attached hydrogen (secondary N) is 1. The third kappa shape index (κ3) is 0.881. The summed E-state index contributed by atoms with van der Waals surface area (Å²) in [4.78, 5) is 2.88. The molecule has 0 unspecified atom stereocenters. The quantitative estimate of drug-likeness (QED) is 0.611. The van der Waals surface area contributed by atoms with Crippen molar-refractivity contribution >= 4 is 10.9 Å². The van der Waals surface area contributed by atoms with Crippen molar-refractivity contribution in [2.75, 3.05) is 0 Å². The maximum absolute atomic E-state index is 9.22. The second kappa shape index (κ2) is 2.27. The van der Waals surface area contributed by atoms with Crippen molar-refractivity contribution in [1.29, 1.82) is 0 Å². The van der Waals surface area contributed by atoms with Gasteiger partial charge in [-0.15, -0.1) is 0 Å². The molecule has 0 saturated carbocycles. The molecule has 0 radical (unpaired) electrons. The minimum Gasteiger partial charge on any atom is -0.495 e. The lowest BCUT2D eigenvalue weighted by molar-refractivity contribution is 0.458. The summed E-state index contributed by atoms with van der Waals surface area (Å²) in [5.74, 6) is 0.235. The van der Waals surface area contributed by atoms with E-state index in [1.807, 2.05) is 12.1 Å². The van der Waals surface area contributed by atoms with Gasteiger partial charge in [-0.25, -0.2) is 0 Å². The van der Waals surface area contributed by atoms with Crippen molar-refractivity contribution in [2.24, 2.45) is 0 Å². The lowest BCUT2D eigenvalue weighted by Gasteiger charge is -1.99. The Kier molecular flexibility index (Phi) is 1.37. The Morgan fingerprint density at radius 3 is 2.75 bits per heavy atom. The van der Waals surface area contributed by atoms with Gasteiger partial charge in [0.2, 0.25) is 0 Å². The van der Waals surface area contributed by atoms with Crippen LogP contribution in [0.2, 0.25) is 0 Å². The highest BCUT2D eigenvalue weighted by molar-refractivity contribution is 5.85. The van der Waals surface area contributed by atoms with E-state index in [0.717, 1.165) is 10.9 Å². The first-order valence-electron chi connectivity index (χ1n) is 3.96. The van der Waals surface area contributed by atoms with Gasteiger partial charge in [0, 0.05) is 17.0 Å². The van der Waals surface area contributed by atoms with Gasteiger partial charge < -0.3 is 10.1 Å². The average molecular weight is 161 g/mol.